The highest BCUT2D eigenvalue weighted by atomic mass is 16.2. The van der Waals surface area contributed by atoms with Crippen LogP contribution in [-0.4, -0.2) is 54.5 Å². The Morgan fingerprint density at radius 3 is 2.78 bits per heavy atom. The van der Waals surface area contributed by atoms with Crippen LogP contribution in [-0.2, 0) is 4.79 Å². The highest BCUT2D eigenvalue weighted by Crippen LogP contribution is 2.24. The van der Waals surface area contributed by atoms with Gasteiger partial charge in [-0.25, -0.2) is 0 Å². The van der Waals surface area contributed by atoms with E-state index in [2.05, 4.69) is 18.7 Å². The van der Waals surface area contributed by atoms with Crippen molar-refractivity contribution in [1.82, 2.24) is 9.80 Å². The van der Waals surface area contributed by atoms with E-state index >= 15 is 0 Å². The van der Waals surface area contributed by atoms with Crippen LogP contribution in [0.25, 0.3) is 0 Å². The van der Waals surface area contributed by atoms with Gasteiger partial charge in [0.2, 0.25) is 5.91 Å². The van der Waals surface area contributed by atoms with E-state index in [1.165, 1.54) is 0 Å². The van der Waals surface area contributed by atoms with Crippen LogP contribution in [0.2, 0.25) is 0 Å². The minimum Gasteiger partial charge on any atom is -0.338 e. The number of carbonyl (C=O) groups is 1. The summed E-state index contributed by atoms with van der Waals surface area (Å²) in [6.45, 7) is 9.15. The average molecular weight is 253 g/mol. The lowest BCUT2D eigenvalue weighted by atomic mass is 10.1. The second-order valence-electron chi connectivity index (χ2n) is 6.20. The highest BCUT2D eigenvalue weighted by Gasteiger charge is 2.35. The second-order valence-corrected chi connectivity index (χ2v) is 6.20. The molecule has 4 heteroatoms. The fourth-order valence-electron chi connectivity index (χ4n) is 3.32. The molecule has 0 radical (unpaired) electrons. The smallest absolute Gasteiger partial charge is 0.227 e. The van der Waals surface area contributed by atoms with Crippen LogP contribution in [0.5, 0.6) is 0 Å². The Morgan fingerprint density at radius 2 is 2.11 bits per heavy atom. The molecular weight excluding hydrogens is 226 g/mol. The number of rotatable bonds is 4. The third-order valence-electron chi connectivity index (χ3n) is 4.18. The van der Waals surface area contributed by atoms with Crippen LogP contribution in [0.3, 0.4) is 0 Å². The van der Waals surface area contributed by atoms with Crippen molar-refractivity contribution in [2.45, 2.75) is 39.2 Å². The molecule has 0 aromatic rings. The molecule has 2 heterocycles. The van der Waals surface area contributed by atoms with E-state index in [0.29, 0.717) is 24.4 Å². The summed E-state index contributed by atoms with van der Waals surface area (Å²) < 4.78 is 0. The van der Waals surface area contributed by atoms with Gasteiger partial charge in [0.25, 0.3) is 0 Å². The summed E-state index contributed by atoms with van der Waals surface area (Å²) >= 11 is 0. The van der Waals surface area contributed by atoms with Gasteiger partial charge >= 0.3 is 0 Å². The minimum absolute atomic E-state index is 0.218. The summed E-state index contributed by atoms with van der Waals surface area (Å²) in [4.78, 5) is 17.0. The Labute approximate surface area is 110 Å². The van der Waals surface area contributed by atoms with Gasteiger partial charge in [0, 0.05) is 32.2 Å². The van der Waals surface area contributed by atoms with Gasteiger partial charge in [0.15, 0.2) is 0 Å². The van der Waals surface area contributed by atoms with Crippen molar-refractivity contribution in [2.24, 2.45) is 17.6 Å². The maximum atomic E-state index is 12.5. The zero-order valence-electron chi connectivity index (χ0n) is 11.8. The Bertz CT molecular complexity index is 293. The van der Waals surface area contributed by atoms with Gasteiger partial charge in [0.05, 0.1) is 5.92 Å². The van der Waals surface area contributed by atoms with Gasteiger partial charge in [-0.1, -0.05) is 13.8 Å². The van der Waals surface area contributed by atoms with Gasteiger partial charge in [-0.3, -0.25) is 4.79 Å². The molecular formula is C14H27N3O. The van der Waals surface area contributed by atoms with Gasteiger partial charge in [-0.2, -0.15) is 0 Å². The van der Waals surface area contributed by atoms with Crippen LogP contribution in [0, 0.1) is 11.8 Å². The van der Waals surface area contributed by atoms with Crippen molar-refractivity contribution in [3.05, 3.63) is 0 Å². The molecule has 2 saturated heterocycles. The maximum absolute atomic E-state index is 12.5. The molecule has 0 aromatic heterocycles. The molecule has 2 fully saturated rings. The van der Waals surface area contributed by atoms with E-state index in [-0.39, 0.29) is 5.92 Å². The summed E-state index contributed by atoms with van der Waals surface area (Å²) in [5.41, 5.74) is 5.75. The molecule has 2 atom stereocenters. The first-order valence-corrected chi connectivity index (χ1v) is 7.34. The van der Waals surface area contributed by atoms with Crippen LogP contribution < -0.4 is 5.73 Å². The monoisotopic (exact) mass is 253 g/mol. The predicted octanol–water partition coefficient (Wildman–Crippen LogP) is 0.914. The van der Waals surface area contributed by atoms with Crippen molar-refractivity contribution >= 4 is 5.91 Å². The number of hydrogen-bond acceptors (Lipinski definition) is 3. The summed E-state index contributed by atoms with van der Waals surface area (Å²) in [6, 6.07) is 0.302. The minimum atomic E-state index is 0.218. The summed E-state index contributed by atoms with van der Waals surface area (Å²) in [7, 11) is 0. The molecule has 0 aliphatic carbocycles. The highest BCUT2D eigenvalue weighted by molar-refractivity contribution is 5.80. The van der Waals surface area contributed by atoms with E-state index < -0.39 is 0 Å². The van der Waals surface area contributed by atoms with Gasteiger partial charge in [-0.05, 0) is 31.7 Å². The predicted molar refractivity (Wildman–Crippen MR) is 73.2 cm³/mol. The van der Waals surface area contributed by atoms with E-state index in [1.54, 1.807) is 0 Å². The fraction of sp³-hybridized carbons (Fsp3) is 0.929. The van der Waals surface area contributed by atoms with Crippen LogP contribution in [0.1, 0.15) is 33.1 Å². The maximum Gasteiger partial charge on any atom is 0.227 e. The van der Waals surface area contributed by atoms with E-state index in [1.807, 2.05) is 4.90 Å². The Kier molecular flexibility index (Phi) is 4.62. The van der Waals surface area contributed by atoms with Crippen molar-refractivity contribution in [2.75, 3.05) is 32.7 Å². The normalized spacial score (nSPS) is 29.4. The zero-order valence-corrected chi connectivity index (χ0v) is 11.8. The molecule has 18 heavy (non-hydrogen) atoms. The molecule has 0 bridgehead atoms. The molecule has 0 spiro atoms. The fourth-order valence-corrected chi connectivity index (χ4v) is 3.32. The van der Waals surface area contributed by atoms with Crippen molar-refractivity contribution < 1.29 is 4.79 Å². The zero-order chi connectivity index (χ0) is 13.1. The number of likely N-dealkylation sites (tertiary alicyclic amines) is 2. The Hall–Kier alpha value is -0.610. The molecule has 0 aromatic carbocycles. The molecule has 2 aliphatic rings. The SMILES string of the molecule is CC(C)CN1CC[C@H](C(=O)N2CCC[C@@H]2CN)C1. The van der Waals surface area contributed by atoms with Gasteiger partial charge < -0.3 is 15.5 Å². The third kappa shape index (κ3) is 3.04. The number of hydrogen-bond donors (Lipinski definition) is 1. The molecule has 2 N–H and O–H groups in total. The van der Waals surface area contributed by atoms with Crippen molar-refractivity contribution in [3.8, 4) is 0 Å². The molecule has 2 rings (SSSR count). The quantitative estimate of drug-likeness (QED) is 0.810. The summed E-state index contributed by atoms with van der Waals surface area (Å²) in [5, 5.41) is 0. The first-order valence-electron chi connectivity index (χ1n) is 7.34. The van der Waals surface area contributed by atoms with Gasteiger partial charge in [-0.15, -0.1) is 0 Å². The largest absolute Gasteiger partial charge is 0.338 e. The first kappa shape index (κ1) is 13.8. The summed E-state index contributed by atoms with van der Waals surface area (Å²) in [6.07, 6.45) is 3.24. The summed E-state index contributed by atoms with van der Waals surface area (Å²) in [5.74, 6) is 1.26. The van der Waals surface area contributed by atoms with E-state index in [9.17, 15) is 4.79 Å². The number of amides is 1. The Balaban J connectivity index is 1.87. The third-order valence-corrected chi connectivity index (χ3v) is 4.18. The van der Waals surface area contributed by atoms with Crippen molar-refractivity contribution in [1.29, 1.82) is 0 Å². The lowest BCUT2D eigenvalue weighted by molar-refractivity contribution is -0.135. The van der Waals surface area contributed by atoms with Crippen LogP contribution >= 0.6 is 0 Å². The molecule has 4 nitrogen and oxygen atoms in total. The lowest BCUT2D eigenvalue weighted by Gasteiger charge is -2.26. The average Bonchev–Trinajstić information content (AvgIpc) is 2.95. The molecule has 2 aliphatic heterocycles. The molecule has 1 amide bonds. The van der Waals surface area contributed by atoms with Crippen molar-refractivity contribution in [3.63, 3.8) is 0 Å². The first-order chi connectivity index (χ1) is 8.61. The van der Waals surface area contributed by atoms with E-state index in [0.717, 1.165) is 45.4 Å². The Morgan fingerprint density at radius 1 is 1.33 bits per heavy atom. The second kappa shape index (κ2) is 6.02. The molecule has 0 unspecified atom stereocenters. The van der Waals surface area contributed by atoms with Gasteiger partial charge in [0.1, 0.15) is 0 Å². The molecule has 104 valence electrons. The van der Waals surface area contributed by atoms with Crippen LogP contribution in [0.4, 0.5) is 0 Å². The topological polar surface area (TPSA) is 49.6 Å². The number of nitrogens with two attached hydrogens (primary N) is 1. The van der Waals surface area contributed by atoms with Crippen LogP contribution in [0.15, 0.2) is 0 Å². The molecule has 0 saturated carbocycles. The number of nitrogens with zero attached hydrogens (tertiary/aromatic N) is 2. The standard InChI is InChI=1S/C14H27N3O/c1-11(2)9-16-7-5-12(10-16)14(18)17-6-3-4-13(17)8-15/h11-13H,3-10,15H2,1-2H3/t12-,13+/m0/s1. The van der Waals surface area contributed by atoms with E-state index in [4.69, 9.17) is 5.73 Å². The number of carbonyl (C=O) groups excluding carboxylic acids is 1. The lowest BCUT2D eigenvalue weighted by Crippen LogP contribution is -2.43.